The number of hydrogen-bond acceptors (Lipinski definition) is 5. The van der Waals surface area contributed by atoms with Crippen molar-refractivity contribution in [2.45, 2.75) is 19.3 Å². The summed E-state index contributed by atoms with van der Waals surface area (Å²) in [4.78, 5) is 28.9. The predicted molar refractivity (Wildman–Crippen MR) is 131 cm³/mol. The number of rotatable bonds is 9. The summed E-state index contributed by atoms with van der Waals surface area (Å²) in [6, 6.07) is 10.6. The third kappa shape index (κ3) is 6.45. The summed E-state index contributed by atoms with van der Waals surface area (Å²) < 4.78 is 10.4. The molecule has 0 bridgehead atoms. The summed E-state index contributed by atoms with van der Waals surface area (Å²) in [5, 5.41) is 3.97. The van der Waals surface area contributed by atoms with Gasteiger partial charge in [0, 0.05) is 44.7 Å². The zero-order valence-electron chi connectivity index (χ0n) is 18.9. The molecular weight excluding hydrogens is 465 g/mol. The normalized spacial score (nSPS) is 13.6. The summed E-state index contributed by atoms with van der Waals surface area (Å²) >= 11 is 12.4. The molecule has 7 nitrogen and oxygen atoms in total. The first-order valence-electron chi connectivity index (χ1n) is 10.9. The summed E-state index contributed by atoms with van der Waals surface area (Å²) in [6.45, 7) is 3.23. The standard InChI is InChI=1S/C24H29Cl2N3O4/c1-32-20-10-9-17(16-21(20)33-2)24(31)27-11-4-3-8-22(30)29-14-12-28(13-15-29)19-7-5-6-18(25)23(19)26/h5-7,9-10,16H,3-4,8,11-15H2,1-2H3,(H,27,31). The van der Waals surface area contributed by atoms with Gasteiger partial charge >= 0.3 is 0 Å². The lowest BCUT2D eigenvalue weighted by atomic mass is 10.1. The van der Waals surface area contributed by atoms with Gasteiger partial charge in [-0.15, -0.1) is 0 Å². The number of ether oxygens (including phenoxy) is 2. The van der Waals surface area contributed by atoms with Crippen molar-refractivity contribution < 1.29 is 19.1 Å². The molecule has 9 heteroatoms. The molecule has 1 N–H and O–H groups in total. The van der Waals surface area contributed by atoms with Crippen LogP contribution < -0.4 is 19.7 Å². The number of carbonyl (C=O) groups excluding carboxylic acids is 2. The largest absolute Gasteiger partial charge is 0.493 e. The highest BCUT2D eigenvalue weighted by molar-refractivity contribution is 6.43. The molecule has 33 heavy (non-hydrogen) atoms. The van der Waals surface area contributed by atoms with E-state index in [-0.39, 0.29) is 11.8 Å². The van der Waals surface area contributed by atoms with E-state index in [1.807, 2.05) is 17.0 Å². The van der Waals surface area contributed by atoms with Crippen LogP contribution in [0.1, 0.15) is 29.6 Å². The first-order chi connectivity index (χ1) is 15.9. The monoisotopic (exact) mass is 493 g/mol. The molecule has 2 aromatic rings. The van der Waals surface area contributed by atoms with Crippen molar-refractivity contribution in [3.8, 4) is 11.5 Å². The number of piperazine rings is 1. The van der Waals surface area contributed by atoms with Crippen LogP contribution in [0, 0.1) is 0 Å². The van der Waals surface area contributed by atoms with Gasteiger partial charge in [0.05, 0.1) is 30.0 Å². The number of carbonyl (C=O) groups is 2. The first kappa shape index (κ1) is 25.0. The molecule has 1 aliphatic heterocycles. The number of amides is 2. The van der Waals surface area contributed by atoms with Crippen LogP contribution in [0.5, 0.6) is 11.5 Å². The van der Waals surface area contributed by atoms with Gasteiger partial charge in [0.25, 0.3) is 5.91 Å². The molecule has 1 aliphatic rings. The number of unbranched alkanes of at least 4 members (excludes halogenated alkanes) is 1. The molecule has 1 heterocycles. The number of hydrogen-bond donors (Lipinski definition) is 1. The molecule has 2 amide bonds. The molecule has 0 saturated carbocycles. The summed E-state index contributed by atoms with van der Waals surface area (Å²) in [5.74, 6) is 1.04. The van der Waals surface area contributed by atoms with E-state index < -0.39 is 0 Å². The van der Waals surface area contributed by atoms with Crippen molar-refractivity contribution in [1.29, 1.82) is 0 Å². The van der Waals surface area contributed by atoms with Crippen molar-refractivity contribution in [1.82, 2.24) is 10.2 Å². The number of nitrogens with zero attached hydrogens (tertiary/aromatic N) is 2. The smallest absolute Gasteiger partial charge is 0.251 e. The maximum absolute atomic E-state index is 12.6. The van der Waals surface area contributed by atoms with Crippen molar-refractivity contribution in [2.24, 2.45) is 0 Å². The zero-order valence-corrected chi connectivity index (χ0v) is 20.4. The van der Waals surface area contributed by atoms with E-state index in [0.29, 0.717) is 72.7 Å². The minimum atomic E-state index is -0.182. The van der Waals surface area contributed by atoms with Crippen LogP contribution in [-0.4, -0.2) is 63.7 Å². The molecule has 0 unspecified atom stereocenters. The van der Waals surface area contributed by atoms with Gasteiger partial charge in [0.1, 0.15) is 0 Å². The maximum Gasteiger partial charge on any atom is 0.251 e. The Bertz CT molecular complexity index is 978. The number of benzene rings is 2. The second-order valence-electron chi connectivity index (χ2n) is 7.72. The molecule has 0 radical (unpaired) electrons. The first-order valence-corrected chi connectivity index (χ1v) is 11.7. The zero-order chi connectivity index (χ0) is 23.8. The van der Waals surface area contributed by atoms with Crippen LogP contribution in [0.3, 0.4) is 0 Å². The fourth-order valence-electron chi connectivity index (χ4n) is 3.77. The average Bonchev–Trinajstić information content (AvgIpc) is 2.84. The van der Waals surface area contributed by atoms with E-state index in [9.17, 15) is 9.59 Å². The minimum absolute atomic E-state index is 0.137. The lowest BCUT2D eigenvalue weighted by Crippen LogP contribution is -2.48. The van der Waals surface area contributed by atoms with Crippen LogP contribution in [0.2, 0.25) is 10.0 Å². The van der Waals surface area contributed by atoms with Crippen LogP contribution >= 0.6 is 23.2 Å². The molecule has 1 saturated heterocycles. The van der Waals surface area contributed by atoms with Crippen LogP contribution in [0.15, 0.2) is 36.4 Å². The third-order valence-electron chi connectivity index (χ3n) is 5.65. The van der Waals surface area contributed by atoms with Crippen molar-refractivity contribution in [2.75, 3.05) is 51.8 Å². The van der Waals surface area contributed by atoms with Gasteiger partial charge in [0.2, 0.25) is 5.91 Å². The van der Waals surface area contributed by atoms with Gasteiger partial charge in [-0.25, -0.2) is 0 Å². The van der Waals surface area contributed by atoms with Crippen LogP contribution in [0.25, 0.3) is 0 Å². The van der Waals surface area contributed by atoms with E-state index in [1.165, 1.54) is 7.11 Å². The van der Waals surface area contributed by atoms with E-state index in [2.05, 4.69) is 10.2 Å². The Balaban J connectivity index is 1.36. The van der Waals surface area contributed by atoms with Gasteiger partial charge in [-0.2, -0.15) is 0 Å². The molecule has 0 aliphatic carbocycles. The number of methoxy groups -OCH3 is 2. The highest BCUT2D eigenvalue weighted by atomic mass is 35.5. The number of halogens is 2. The Morgan fingerprint density at radius 1 is 0.970 bits per heavy atom. The highest BCUT2D eigenvalue weighted by Crippen LogP contribution is 2.33. The van der Waals surface area contributed by atoms with Gasteiger partial charge in [-0.1, -0.05) is 29.3 Å². The molecular formula is C24H29Cl2N3O4. The van der Waals surface area contributed by atoms with Gasteiger partial charge in [0.15, 0.2) is 11.5 Å². The molecule has 0 aromatic heterocycles. The molecule has 3 rings (SSSR count). The fraction of sp³-hybridized carbons (Fsp3) is 0.417. The molecule has 178 valence electrons. The van der Waals surface area contributed by atoms with Gasteiger partial charge < -0.3 is 24.6 Å². The summed E-state index contributed by atoms with van der Waals surface area (Å²) in [7, 11) is 3.08. The van der Waals surface area contributed by atoms with Gasteiger partial charge in [-0.05, 0) is 43.2 Å². The van der Waals surface area contributed by atoms with Gasteiger partial charge in [-0.3, -0.25) is 9.59 Å². The predicted octanol–water partition coefficient (Wildman–Crippen LogP) is 4.26. The third-order valence-corrected chi connectivity index (χ3v) is 6.46. The maximum atomic E-state index is 12.6. The Morgan fingerprint density at radius 3 is 2.39 bits per heavy atom. The Labute approximate surface area is 204 Å². The molecule has 0 atom stereocenters. The molecule has 0 spiro atoms. The minimum Gasteiger partial charge on any atom is -0.493 e. The highest BCUT2D eigenvalue weighted by Gasteiger charge is 2.22. The Hall–Kier alpha value is -2.64. The van der Waals surface area contributed by atoms with Crippen molar-refractivity contribution >= 4 is 40.7 Å². The van der Waals surface area contributed by atoms with E-state index in [1.54, 1.807) is 31.4 Å². The second kappa shape index (κ2) is 12.0. The Kier molecular flexibility index (Phi) is 9.09. The van der Waals surface area contributed by atoms with Crippen LogP contribution in [-0.2, 0) is 4.79 Å². The SMILES string of the molecule is COc1ccc(C(=O)NCCCCC(=O)N2CCN(c3cccc(Cl)c3Cl)CC2)cc1OC. The second-order valence-corrected chi connectivity index (χ2v) is 8.51. The summed E-state index contributed by atoms with van der Waals surface area (Å²) in [5.41, 5.74) is 1.41. The van der Waals surface area contributed by atoms with E-state index >= 15 is 0 Å². The number of nitrogens with one attached hydrogen (secondary N) is 1. The number of anilines is 1. The van der Waals surface area contributed by atoms with Crippen LogP contribution in [0.4, 0.5) is 5.69 Å². The lowest BCUT2D eigenvalue weighted by molar-refractivity contribution is -0.131. The van der Waals surface area contributed by atoms with E-state index in [0.717, 1.165) is 12.1 Å². The summed E-state index contributed by atoms with van der Waals surface area (Å²) in [6.07, 6.45) is 1.90. The van der Waals surface area contributed by atoms with E-state index in [4.69, 9.17) is 32.7 Å². The van der Waals surface area contributed by atoms with Crippen molar-refractivity contribution in [3.05, 3.63) is 52.0 Å². The quantitative estimate of drug-likeness (QED) is 0.528. The fourth-order valence-corrected chi connectivity index (χ4v) is 4.19. The van der Waals surface area contributed by atoms with Crippen molar-refractivity contribution in [3.63, 3.8) is 0 Å². The molecule has 1 fully saturated rings. The topological polar surface area (TPSA) is 71.1 Å². The molecule has 2 aromatic carbocycles. The average molecular weight is 494 g/mol. The lowest BCUT2D eigenvalue weighted by Gasteiger charge is -2.36. The Morgan fingerprint density at radius 2 is 1.70 bits per heavy atom.